The van der Waals surface area contributed by atoms with Gasteiger partial charge in [-0.05, 0) is 98.0 Å². The number of benzene rings is 8. The van der Waals surface area contributed by atoms with Crippen LogP contribution in [0.3, 0.4) is 0 Å². The molecule has 0 saturated heterocycles. The van der Waals surface area contributed by atoms with Crippen molar-refractivity contribution in [2.45, 2.75) is 13.1 Å². The molecule has 1 aliphatic heterocycles. The molecule has 1 aliphatic rings. The number of hydrogen-bond donors (Lipinski definition) is 0. The zero-order chi connectivity index (χ0) is 34.6. The van der Waals surface area contributed by atoms with E-state index in [0.29, 0.717) is 0 Å². The van der Waals surface area contributed by atoms with Gasteiger partial charge in [0.05, 0.1) is 11.1 Å². The maximum absolute atomic E-state index is 6.44. The smallest absolute Gasteiger partial charge is 0.137 e. The lowest BCUT2D eigenvalue weighted by Crippen LogP contribution is -2.49. The number of anilines is 3. The molecule has 3 heterocycles. The van der Waals surface area contributed by atoms with Gasteiger partial charge in [0.15, 0.2) is 0 Å². The quantitative estimate of drug-likeness (QED) is 0.170. The topological polar surface area (TPSA) is 16.4 Å². The number of thiophene rings is 1. The van der Waals surface area contributed by atoms with Crippen LogP contribution in [0.1, 0.15) is 0 Å². The van der Waals surface area contributed by atoms with Gasteiger partial charge in [-0.15, -0.1) is 11.3 Å². The van der Waals surface area contributed by atoms with Crippen molar-refractivity contribution in [1.82, 2.24) is 0 Å². The molecule has 0 unspecified atom stereocenters. The number of hydrogen-bond acceptors (Lipinski definition) is 3. The Hall–Kier alpha value is -5.94. The van der Waals surface area contributed by atoms with Gasteiger partial charge < -0.3 is 9.32 Å². The Balaban J connectivity index is 1.16. The van der Waals surface area contributed by atoms with Gasteiger partial charge in [-0.1, -0.05) is 122 Å². The van der Waals surface area contributed by atoms with E-state index in [-0.39, 0.29) is 0 Å². The van der Waals surface area contributed by atoms with Crippen LogP contribution in [0.15, 0.2) is 168 Å². The third-order valence-electron chi connectivity index (χ3n) is 11.3. The fraction of sp³-hybridized carbons (Fsp3) is 0.0417. The molecule has 52 heavy (non-hydrogen) atoms. The van der Waals surface area contributed by atoms with E-state index in [1.165, 1.54) is 63.6 Å². The SMILES string of the molecule is C[Si]1(C)c2ccc(N(c3ccc(-c4cccc5ccccc45)cc3)c3cccc4oc5ccccc5c34)cc2-c2c1ccc1sc3ccccc3c21. The van der Waals surface area contributed by atoms with E-state index in [1.54, 1.807) is 0 Å². The molecule has 0 saturated carbocycles. The molecule has 0 radical (unpaired) electrons. The van der Waals surface area contributed by atoms with E-state index >= 15 is 0 Å². The number of furan rings is 1. The molecule has 0 spiro atoms. The summed E-state index contributed by atoms with van der Waals surface area (Å²) in [5, 5.41) is 10.6. The number of fused-ring (bicyclic) bond motifs is 11. The Bertz CT molecular complexity index is 3050. The lowest BCUT2D eigenvalue weighted by Gasteiger charge is -2.27. The largest absolute Gasteiger partial charge is 0.456 e. The number of nitrogens with zero attached hydrogens (tertiary/aromatic N) is 1. The highest BCUT2D eigenvalue weighted by atomic mass is 32.1. The highest BCUT2D eigenvalue weighted by Gasteiger charge is 2.39. The predicted molar refractivity (Wildman–Crippen MR) is 226 cm³/mol. The first-order valence-corrected chi connectivity index (χ1v) is 21.7. The van der Waals surface area contributed by atoms with Crippen LogP contribution < -0.4 is 15.3 Å². The van der Waals surface area contributed by atoms with Crippen LogP contribution in [0.5, 0.6) is 0 Å². The highest BCUT2D eigenvalue weighted by molar-refractivity contribution is 7.26. The summed E-state index contributed by atoms with van der Waals surface area (Å²) >= 11 is 1.90. The number of rotatable bonds is 4. The zero-order valence-corrected chi connectivity index (χ0v) is 30.7. The Morgan fingerprint density at radius 3 is 2.08 bits per heavy atom. The standard InChI is InChI=1S/C48H33NOSSi/c1-52(2)44-27-25-33(29-38(44)48-45(52)28-26-43-47(48)37-15-6-8-20-42(37)51-43)49(39-17-10-19-41-46(39)36-14-5-7-18-40(36)50-41)32-23-21-31(22-24-32)35-16-9-12-30-11-3-4-13-34(30)35/h3-29H,1-2H3. The summed E-state index contributed by atoms with van der Waals surface area (Å²) in [7, 11) is -1.94. The minimum absolute atomic E-state index is 0.891. The minimum Gasteiger partial charge on any atom is -0.456 e. The Morgan fingerprint density at radius 2 is 1.19 bits per heavy atom. The van der Waals surface area contributed by atoms with Gasteiger partial charge in [-0.3, -0.25) is 0 Å². The number of para-hydroxylation sites is 1. The van der Waals surface area contributed by atoms with Crippen molar-refractivity contribution in [1.29, 1.82) is 0 Å². The Labute approximate surface area is 306 Å². The summed E-state index contributed by atoms with van der Waals surface area (Å²) in [6.07, 6.45) is 0. The van der Waals surface area contributed by atoms with Crippen molar-refractivity contribution < 1.29 is 4.42 Å². The highest BCUT2D eigenvalue weighted by Crippen LogP contribution is 2.47. The van der Waals surface area contributed by atoms with E-state index in [2.05, 4.69) is 176 Å². The van der Waals surface area contributed by atoms with E-state index in [9.17, 15) is 0 Å². The van der Waals surface area contributed by atoms with Crippen molar-refractivity contribution in [3.8, 4) is 22.3 Å². The van der Waals surface area contributed by atoms with Crippen molar-refractivity contribution in [2.24, 2.45) is 0 Å². The fourth-order valence-corrected chi connectivity index (χ4v) is 13.0. The minimum atomic E-state index is -1.94. The molecule has 0 N–H and O–H groups in total. The van der Waals surface area contributed by atoms with E-state index in [0.717, 1.165) is 39.0 Å². The van der Waals surface area contributed by atoms with Crippen LogP contribution in [-0.2, 0) is 0 Å². The van der Waals surface area contributed by atoms with Crippen molar-refractivity contribution in [3.05, 3.63) is 164 Å². The van der Waals surface area contributed by atoms with Crippen LogP contribution in [0.2, 0.25) is 13.1 Å². The van der Waals surface area contributed by atoms with Gasteiger partial charge in [0.25, 0.3) is 0 Å². The van der Waals surface area contributed by atoms with Gasteiger partial charge >= 0.3 is 0 Å². The second-order valence-corrected chi connectivity index (χ2v) is 19.9. The molecule has 2 aromatic heterocycles. The third-order valence-corrected chi connectivity index (χ3v) is 16.0. The molecule has 0 amide bonds. The van der Waals surface area contributed by atoms with Crippen LogP contribution in [0.25, 0.3) is 75.1 Å². The molecule has 246 valence electrons. The Morgan fingerprint density at radius 1 is 0.500 bits per heavy atom. The first kappa shape index (κ1) is 29.8. The Kier molecular flexibility index (Phi) is 6.31. The average Bonchev–Trinajstić information content (AvgIpc) is 3.83. The van der Waals surface area contributed by atoms with Crippen LogP contribution in [-0.4, -0.2) is 8.07 Å². The third kappa shape index (κ3) is 4.22. The fourth-order valence-electron chi connectivity index (χ4n) is 8.82. The summed E-state index contributed by atoms with van der Waals surface area (Å²) < 4.78 is 9.15. The molecule has 11 rings (SSSR count). The molecular formula is C48H33NOSSi. The summed E-state index contributed by atoms with van der Waals surface area (Å²) in [4.78, 5) is 2.44. The van der Waals surface area contributed by atoms with E-state index in [4.69, 9.17) is 4.42 Å². The summed E-state index contributed by atoms with van der Waals surface area (Å²) in [5.74, 6) is 0. The zero-order valence-electron chi connectivity index (χ0n) is 28.9. The van der Waals surface area contributed by atoms with Crippen molar-refractivity contribution in [3.63, 3.8) is 0 Å². The molecule has 0 fully saturated rings. The lowest BCUT2D eigenvalue weighted by molar-refractivity contribution is 0.669. The lowest BCUT2D eigenvalue weighted by atomic mass is 9.97. The monoisotopic (exact) mass is 699 g/mol. The summed E-state index contributed by atoms with van der Waals surface area (Å²) in [6, 6.07) is 60.1. The van der Waals surface area contributed by atoms with Crippen LogP contribution in [0, 0.1) is 0 Å². The predicted octanol–water partition coefficient (Wildman–Crippen LogP) is 13.0. The van der Waals surface area contributed by atoms with Crippen molar-refractivity contribution >= 4 is 99.7 Å². The van der Waals surface area contributed by atoms with Crippen LogP contribution >= 0.6 is 11.3 Å². The molecule has 10 aromatic rings. The summed E-state index contributed by atoms with van der Waals surface area (Å²) in [5.41, 5.74) is 10.4. The molecule has 0 aliphatic carbocycles. The second kappa shape index (κ2) is 11.0. The van der Waals surface area contributed by atoms with E-state index in [1.807, 2.05) is 17.4 Å². The first-order chi connectivity index (χ1) is 25.5. The second-order valence-electron chi connectivity index (χ2n) is 14.5. The molecule has 4 heteroatoms. The summed E-state index contributed by atoms with van der Waals surface area (Å²) in [6.45, 7) is 5.03. The van der Waals surface area contributed by atoms with Gasteiger partial charge in [0.2, 0.25) is 0 Å². The van der Waals surface area contributed by atoms with Gasteiger partial charge in [-0.2, -0.15) is 0 Å². The maximum Gasteiger partial charge on any atom is 0.137 e. The van der Waals surface area contributed by atoms with Gasteiger partial charge in [-0.25, -0.2) is 0 Å². The normalized spacial score (nSPS) is 13.3. The molecule has 8 aromatic carbocycles. The first-order valence-electron chi connectivity index (χ1n) is 17.9. The van der Waals surface area contributed by atoms with Crippen molar-refractivity contribution in [2.75, 3.05) is 4.90 Å². The van der Waals surface area contributed by atoms with E-state index < -0.39 is 8.07 Å². The van der Waals surface area contributed by atoms with Gasteiger partial charge in [0, 0.05) is 36.9 Å². The molecule has 2 nitrogen and oxygen atoms in total. The average molecular weight is 700 g/mol. The maximum atomic E-state index is 6.44. The molecular weight excluding hydrogens is 667 g/mol. The van der Waals surface area contributed by atoms with Crippen LogP contribution in [0.4, 0.5) is 17.1 Å². The van der Waals surface area contributed by atoms with Gasteiger partial charge in [0.1, 0.15) is 19.2 Å². The molecule has 0 atom stereocenters. The molecule has 0 bridgehead atoms.